The van der Waals surface area contributed by atoms with E-state index in [-0.39, 0.29) is 5.91 Å². The van der Waals surface area contributed by atoms with Crippen molar-refractivity contribution in [2.24, 2.45) is 0 Å². The number of nitrogens with one attached hydrogen (secondary N) is 1. The van der Waals surface area contributed by atoms with E-state index in [2.05, 4.69) is 17.1 Å². The van der Waals surface area contributed by atoms with Crippen LogP contribution in [0.15, 0.2) is 24.3 Å². The summed E-state index contributed by atoms with van der Waals surface area (Å²) >= 11 is 0. The molecule has 1 aliphatic rings. The van der Waals surface area contributed by atoms with Crippen LogP contribution in [0.3, 0.4) is 0 Å². The van der Waals surface area contributed by atoms with Gasteiger partial charge in [-0.05, 0) is 37.9 Å². The Balaban J connectivity index is 1.80. The minimum Gasteiger partial charge on any atom is -0.397 e. The molecule has 19 heavy (non-hydrogen) atoms. The number of carbonyl (C=O) groups is 1. The molecule has 0 bridgehead atoms. The maximum absolute atomic E-state index is 11.9. The summed E-state index contributed by atoms with van der Waals surface area (Å²) < 4.78 is 0. The molecule has 2 rings (SSSR count). The number of hydrogen-bond acceptors (Lipinski definition) is 3. The van der Waals surface area contributed by atoms with E-state index in [0.29, 0.717) is 23.8 Å². The second kappa shape index (κ2) is 6.57. The Labute approximate surface area is 115 Å². The van der Waals surface area contributed by atoms with Crippen LogP contribution in [-0.2, 0) is 4.79 Å². The summed E-state index contributed by atoms with van der Waals surface area (Å²) in [7, 11) is 0. The van der Waals surface area contributed by atoms with Crippen molar-refractivity contribution < 1.29 is 4.79 Å². The van der Waals surface area contributed by atoms with E-state index in [1.165, 1.54) is 19.3 Å². The molecule has 1 fully saturated rings. The fourth-order valence-corrected chi connectivity index (χ4v) is 2.72. The Kier molecular flexibility index (Phi) is 4.80. The highest BCUT2D eigenvalue weighted by Gasteiger charge is 2.22. The lowest BCUT2D eigenvalue weighted by atomic mass is 10.1. The molecule has 1 unspecified atom stereocenters. The first-order chi connectivity index (χ1) is 9.20. The lowest BCUT2D eigenvalue weighted by Crippen LogP contribution is -2.32. The van der Waals surface area contributed by atoms with E-state index >= 15 is 0 Å². The molecule has 4 nitrogen and oxygen atoms in total. The number of rotatable bonds is 5. The summed E-state index contributed by atoms with van der Waals surface area (Å²) in [5, 5.41) is 2.88. The molecule has 0 spiro atoms. The third-order valence-electron chi connectivity index (χ3n) is 3.83. The number of likely N-dealkylation sites (tertiary alicyclic amines) is 1. The third kappa shape index (κ3) is 3.70. The van der Waals surface area contributed by atoms with Crippen molar-refractivity contribution >= 4 is 17.3 Å². The first-order valence-corrected chi connectivity index (χ1v) is 7.09. The van der Waals surface area contributed by atoms with Crippen molar-refractivity contribution in [1.82, 2.24) is 4.90 Å². The van der Waals surface area contributed by atoms with Gasteiger partial charge in [-0.2, -0.15) is 0 Å². The Bertz CT molecular complexity index is 433. The number of anilines is 2. The van der Waals surface area contributed by atoms with Crippen LogP contribution in [0.4, 0.5) is 11.4 Å². The number of nitrogens with zero attached hydrogens (tertiary/aromatic N) is 1. The highest BCUT2D eigenvalue weighted by Crippen LogP contribution is 2.20. The van der Waals surface area contributed by atoms with Gasteiger partial charge in [-0.3, -0.25) is 9.69 Å². The van der Waals surface area contributed by atoms with Gasteiger partial charge in [0.1, 0.15) is 0 Å². The minimum atomic E-state index is 0.0413. The van der Waals surface area contributed by atoms with Crippen molar-refractivity contribution in [2.75, 3.05) is 24.1 Å². The smallest absolute Gasteiger partial charge is 0.225 e. The van der Waals surface area contributed by atoms with Gasteiger partial charge in [-0.15, -0.1) is 0 Å². The summed E-state index contributed by atoms with van der Waals surface area (Å²) in [6.45, 7) is 4.18. The minimum absolute atomic E-state index is 0.0413. The molecule has 4 heteroatoms. The number of nitrogens with two attached hydrogens (primary N) is 1. The van der Waals surface area contributed by atoms with Crippen LogP contribution in [0.2, 0.25) is 0 Å². The van der Waals surface area contributed by atoms with Crippen LogP contribution in [0, 0.1) is 0 Å². The normalized spacial score (nSPS) is 19.5. The maximum atomic E-state index is 11.9. The monoisotopic (exact) mass is 261 g/mol. The van der Waals surface area contributed by atoms with E-state index in [1.807, 2.05) is 18.2 Å². The second-order valence-electron chi connectivity index (χ2n) is 5.13. The molecule has 0 aromatic heterocycles. The molecular weight excluding hydrogens is 238 g/mol. The Morgan fingerprint density at radius 2 is 2.26 bits per heavy atom. The van der Waals surface area contributed by atoms with E-state index in [0.717, 1.165) is 13.1 Å². The van der Waals surface area contributed by atoms with Crippen molar-refractivity contribution in [1.29, 1.82) is 0 Å². The largest absolute Gasteiger partial charge is 0.397 e. The maximum Gasteiger partial charge on any atom is 0.225 e. The highest BCUT2D eigenvalue weighted by molar-refractivity contribution is 5.93. The zero-order valence-corrected chi connectivity index (χ0v) is 11.6. The second-order valence-corrected chi connectivity index (χ2v) is 5.13. The molecule has 1 aromatic carbocycles. The molecule has 1 heterocycles. The van der Waals surface area contributed by atoms with Crippen LogP contribution >= 0.6 is 0 Å². The standard InChI is InChI=1S/C15H23N3O/c1-2-12-6-5-10-18(12)11-9-15(19)17-14-8-4-3-7-13(14)16/h3-4,7-8,12H,2,5-6,9-11,16H2,1H3,(H,17,19). The van der Waals surface area contributed by atoms with Crippen molar-refractivity contribution in [3.63, 3.8) is 0 Å². The quantitative estimate of drug-likeness (QED) is 0.801. The van der Waals surface area contributed by atoms with Crippen LogP contribution in [-0.4, -0.2) is 29.9 Å². The van der Waals surface area contributed by atoms with Gasteiger partial charge < -0.3 is 11.1 Å². The predicted molar refractivity (Wildman–Crippen MR) is 79.0 cm³/mol. The lowest BCUT2D eigenvalue weighted by Gasteiger charge is -2.22. The first kappa shape index (κ1) is 13.9. The molecule has 1 aliphatic heterocycles. The lowest BCUT2D eigenvalue weighted by molar-refractivity contribution is -0.116. The van der Waals surface area contributed by atoms with Crippen molar-refractivity contribution in [3.05, 3.63) is 24.3 Å². The third-order valence-corrected chi connectivity index (χ3v) is 3.83. The van der Waals surface area contributed by atoms with E-state index < -0.39 is 0 Å². The van der Waals surface area contributed by atoms with E-state index in [1.54, 1.807) is 6.07 Å². The van der Waals surface area contributed by atoms with Crippen LogP contribution in [0.5, 0.6) is 0 Å². The molecule has 1 amide bonds. The van der Waals surface area contributed by atoms with Gasteiger partial charge in [0.15, 0.2) is 0 Å². The Morgan fingerprint density at radius 1 is 1.47 bits per heavy atom. The molecule has 0 saturated carbocycles. The zero-order chi connectivity index (χ0) is 13.7. The van der Waals surface area contributed by atoms with E-state index in [4.69, 9.17) is 5.73 Å². The summed E-state index contributed by atoms with van der Waals surface area (Å²) in [6, 6.07) is 8.02. The van der Waals surface area contributed by atoms with Crippen LogP contribution in [0.1, 0.15) is 32.6 Å². The molecule has 0 aliphatic carbocycles. The molecular formula is C15H23N3O. The topological polar surface area (TPSA) is 58.4 Å². The SMILES string of the molecule is CCC1CCCN1CCC(=O)Nc1ccccc1N. The number of para-hydroxylation sites is 2. The fraction of sp³-hybridized carbons (Fsp3) is 0.533. The fourth-order valence-electron chi connectivity index (χ4n) is 2.72. The zero-order valence-electron chi connectivity index (χ0n) is 11.6. The molecule has 0 radical (unpaired) electrons. The summed E-state index contributed by atoms with van der Waals surface area (Å²) in [4.78, 5) is 14.3. The molecule has 1 aromatic rings. The Morgan fingerprint density at radius 3 is 3.00 bits per heavy atom. The number of benzene rings is 1. The van der Waals surface area contributed by atoms with Crippen LogP contribution < -0.4 is 11.1 Å². The van der Waals surface area contributed by atoms with Crippen molar-refractivity contribution in [3.8, 4) is 0 Å². The highest BCUT2D eigenvalue weighted by atomic mass is 16.1. The van der Waals surface area contributed by atoms with Gasteiger partial charge in [0.25, 0.3) is 0 Å². The van der Waals surface area contributed by atoms with Gasteiger partial charge in [-0.25, -0.2) is 0 Å². The first-order valence-electron chi connectivity index (χ1n) is 7.09. The molecule has 1 atom stereocenters. The average molecular weight is 261 g/mol. The van der Waals surface area contributed by atoms with Gasteiger partial charge in [0.05, 0.1) is 11.4 Å². The molecule has 1 saturated heterocycles. The average Bonchev–Trinajstić information content (AvgIpc) is 2.86. The number of hydrogen-bond donors (Lipinski definition) is 2. The number of amides is 1. The number of carbonyl (C=O) groups excluding carboxylic acids is 1. The Hall–Kier alpha value is -1.55. The van der Waals surface area contributed by atoms with Gasteiger partial charge >= 0.3 is 0 Å². The summed E-state index contributed by atoms with van der Waals surface area (Å²) in [6.07, 6.45) is 4.23. The summed E-state index contributed by atoms with van der Waals surface area (Å²) in [5.41, 5.74) is 7.13. The molecule has 3 N–H and O–H groups in total. The predicted octanol–water partition coefficient (Wildman–Crippen LogP) is 2.47. The van der Waals surface area contributed by atoms with E-state index in [9.17, 15) is 4.79 Å². The number of nitrogen functional groups attached to an aromatic ring is 1. The van der Waals surface area contributed by atoms with Crippen LogP contribution in [0.25, 0.3) is 0 Å². The van der Waals surface area contributed by atoms with Crippen molar-refractivity contribution in [2.45, 2.75) is 38.6 Å². The summed E-state index contributed by atoms with van der Waals surface area (Å²) in [5.74, 6) is 0.0413. The van der Waals surface area contributed by atoms with Gasteiger partial charge in [0.2, 0.25) is 5.91 Å². The van der Waals surface area contributed by atoms with Gasteiger partial charge in [0, 0.05) is 19.0 Å². The van der Waals surface area contributed by atoms with Gasteiger partial charge in [-0.1, -0.05) is 19.1 Å². The molecule has 104 valence electrons.